The number of benzene rings is 3. The van der Waals surface area contributed by atoms with Crippen molar-refractivity contribution in [3.05, 3.63) is 83.4 Å². The second-order valence-corrected chi connectivity index (χ2v) is 7.11. The van der Waals surface area contributed by atoms with Crippen LogP contribution in [0.25, 0.3) is 22.3 Å². The van der Waals surface area contributed by atoms with Crippen molar-refractivity contribution in [2.45, 2.75) is 6.92 Å². The molecule has 6 heteroatoms. The Morgan fingerprint density at radius 2 is 1.72 bits per heavy atom. The number of furan rings is 1. The lowest BCUT2D eigenvalue weighted by Crippen LogP contribution is -2.06. The zero-order valence-electron chi connectivity index (χ0n) is 17.1. The van der Waals surface area contributed by atoms with Crippen LogP contribution in [0.2, 0.25) is 0 Å². The van der Waals surface area contributed by atoms with E-state index in [0.717, 1.165) is 5.56 Å². The van der Waals surface area contributed by atoms with E-state index in [0.29, 0.717) is 33.6 Å². The summed E-state index contributed by atoms with van der Waals surface area (Å²) in [6.45, 7) is 1.46. The van der Waals surface area contributed by atoms with Crippen molar-refractivity contribution in [2.75, 3.05) is 6.61 Å². The van der Waals surface area contributed by atoms with Crippen molar-refractivity contribution in [3.63, 3.8) is 0 Å². The number of aromatic hydroxyl groups is 1. The molecule has 32 heavy (non-hydrogen) atoms. The van der Waals surface area contributed by atoms with E-state index in [2.05, 4.69) is 11.8 Å². The third-order valence-electron chi connectivity index (χ3n) is 4.70. The summed E-state index contributed by atoms with van der Waals surface area (Å²) in [5.74, 6) is 5.51. The number of hydrogen-bond acceptors (Lipinski definition) is 5. The fourth-order valence-electron chi connectivity index (χ4n) is 3.17. The number of Topliss-reactive ketones (excluding diaryl/α,β-unsaturated/α-hetero) is 1. The Labute approximate surface area is 183 Å². The van der Waals surface area contributed by atoms with Crippen molar-refractivity contribution in [3.8, 4) is 34.7 Å². The highest BCUT2D eigenvalue weighted by atomic mass is 16.5. The first-order valence-corrected chi connectivity index (χ1v) is 9.75. The van der Waals surface area contributed by atoms with Gasteiger partial charge in [0.15, 0.2) is 11.5 Å². The predicted molar refractivity (Wildman–Crippen MR) is 119 cm³/mol. The van der Waals surface area contributed by atoms with Crippen LogP contribution < -0.4 is 4.74 Å². The Morgan fingerprint density at radius 3 is 2.38 bits per heavy atom. The number of ether oxygens (including phenoxy) is 1. The molecule has 4 aromatic rings. The molecule has 0 unspecified atom stereocenters. The zero-order chi connectivity index (χ0) is 22.7. The summed E-state index contributed by atoms with van der Waals surface area (Å²) in [5, 5.41) is 19.9. The summed E-state index contributed by atoms with van der Waals surface area (Å²) in [6, 6.07) is 19.0. The number of aromatic carboxylic acids is 1. The highest BCUT2D eigenvalue weighted by molar-refractivity contribution is 6.00. The molecule has 0 spiro atoms. The molecule has 0 atom stereocenters. The fraction of sp³-hybridized carbons (Fsp3) is 0.0769. The third-order valence-corrected chi connectivity index (χ3v) is 4.70. The third kappa shape index (κ3) is 4.32. The summed E-state index contributed by atoms with van der Waals surface area (Å²) in [7, 11) is 0. The minimum absolute atomic E-state index is 0.00518. The van der Waals surface area contributed by atoms with Gasteiger partial charge in [0.05, 0.1) is 5.56 Å². The lowest BCUT2D eigenvalue weighted by atomic mass is 10.0. The van der Waals surface area contributed by atoms with Crippen molar-refractivity contribution < 1.29 is 29.0 Å². The minimum atomic E-state index is -1.24. The van der Waals surface area contributed by atoms with Crippen LogP contribution >= 0.6 is 0 Å². The van der Waals surface area contributed by atoms with E-state index in [1.54, 1.807) is 24.3 Å². The lowest BCUT2D eigenvalue weighted by Gasteiger charge is -2.02. The summed E-state index contributed by atoms with van der Waals surface area (Å²) >= 11 is 0. The van der Waals surface area contributed by atoms with E-state index in [4.69, 9.17) is 9.15 Å². The largest absolute Gasteiger partial charge is 0.507 e. The second kappa shape index (κ2) is 8.70. The van der Waals surface area contributed by atoms with Gasteiger partial charge in [0.1, 0.15) is 29.3 Å². The molecule has 2 N–H and O–H groups in total. The average molecular weight is 426 g/mol. The molecule has 1 aromatic heterocycles. The van der Waals surface area contributed by atoms with E-state index in [-0.39, 0.29) is 23.7 Å². The van der Waals surface area contributed by atoms with Gasteiger partial charge in [-0.3, -0.25) is 4.79 Å². The summed E-state index contributed by atoms with van der Waals surface area (Å²) in [4.78, 5) is 22.6. The van der Waals surface area contributed by atoms with Crippen LogP contribution in [-0.4, -0.2) is 28.6 Å². The quantitative estimate of drug-likeness (QED) is 0.442. The van der Waals surface area contributed by atoms with Gasteiger partial charge in [0.25, 0.3) is 0 Å². The highest BCUT2D eigenvalue weighted by Crippen LogP contribution is 2.36. The summed E-state index contributed by atoms with van der Waals surface area (Å²) in [6.07, 6.45) is 0. The van der Waals surface area contributed by atoms with Crippen LogP contribution in [0.3, 0.4) is 0 Å². The maximum absolute atomic E-state index is 11.5. The molecule has 158 valence electrons. The number of rotatable bonds is 5. The molecule has 0 bridgehead atoms. The monoisotopic (exact) mass is 426 g/mol. The van der Waals surface area contributed by atoms with Crippen molar-refractivity contribution in [2.24, 2.45) is 0 Å². The number of ketones is 1. The van der Waals surface area contributed by atoms with E-state index in [1.807, 2.05) is 30.3 Å². The van der Waals surface area contributed by atoms with E-state index in [1.165, 1.54) is 19.1 Å². The van der Waals surface area contributed by atoms with Crippen LogP contribution in [0.15, 0.2) is 71.1 Å². The molecule has 0 aliphatic carbocycles. The van der Waals surface area contributed by atoms with Crippen molar-refractivity contribution in [1.29, 1.82) is 0 Å². The number of phenols is 1. The van der Waals surface area contributed by atoms with E-state index < -0.39 is 5.97 Å². The van der Waals surface area contributed by atoms with E-state index >= 15 is 0 Å². The van der Waals surface area contributed by atoms with Crippen LogP contribution in [-0.2, 0) is 4.79 Å². The van der Waals surface area contributed by atoms with Gasteiger partial charge in [-0.15, -0.1) is 0 Å². The summed E-state index contributed by atoms with van der Waals surface area (Å²) in [5.41, 5.74) is 2.10. The molecule has 0 radical (unpaired) electrons. The zero-order valence-corrected chi connectivity index (χ0v) is 17.1. The number of carboxylic acid groups (broad SMARTS) is 1. The lowest BCUT2D eigenvalue weighted by molar-refractivity contribution is -0.118. The first-order chi connectivity index (χ1) is 15.4. The van der Waals surface area contributed by atoms with Gasteiger partial charge in [-0.25, -0.2) is 4.79 Å². The van der Waals surface area contributed by atoms with Crippen LogP contribution in [0.1, 0.15) is 28.4 Å². The van der Waals surface area contributed by atoms with Gasteiger partial charge >= 0.3 is 5.97 Å². The first-order valence-electron chi connectivity index (χ1n) is 9.75. The highest BCUT2D eigenvalue weighted by Gasteiger charge is 2.19. The Balaban J connectivity index is 1.80. The van der Waals surface area contributed by atoms with Crippen LogP contribution in [0, 0.1) is 11.8 Å². The normalized spacial score (nSPS) is 10.4. The van der Waals surface area contributed by atoms with Crippen molar-refractivity contribution in [1.82, 2.24) is 0 Å². The molecular formula is C26H18O6. The molecule has 0 aliphatic rings. The summed E-state index contributed by atoms with van der Waals surface area (Å²) < 4.78 is 11.3. The van der Waals surface area contributed by atoms with Gasteiger partial charge < -0.3 is 19.4 Å². The standard InChI is InChI=1S/C26H18O6/c1-16(27)15-31-19-10-7-17(8-11-19)9-12-20-21-13-22(26(29)30)23(28)14-24(21)32-25(20)18-5-3-2-4-6-18/h2-8,10-11,13-14,28H,15H2,1H3,(H,29,30). The maximum atomic E-state index is 11.5. The molecule has 1 heterocycles. The Morgan fingerprint density at radius 1 is 1.00 bits per heavy atom. The first kappa shape index (κ1) is 20.8. The van der Waals surface area contributed by atoms with Gasteiger partial charge in [0, 0.05) is 22.6 Å². The predicted octanol–water partition coefficient (Wildman–Crippen LogP) is 4.87. The average Bonchev–Trinajstić information content (AvgIpc) is 3.14. The van der Waals surface area contributed by atoms with Crippen LogP contribution in [0.5, 0.6) is 11.5 Å². The molecule has 0 aliphatic heterocycles. The number of fused-ring (bicyclic) bond motifs is 1. The number of carbonyl (C=O) groups is 2. The number of carboxylic acids is 1. The Kier molecular flexibility index (Phi) is 5.65. The molecular weight excluding hydrogens is 408 g/mol. The molecule has 0 saturated carbocycles. The smallest absolute Gasteiger partial charge is 0.339 e. The number of hydrogen-bond donors (Lipinski definition) is 2. The molecule has 3 aromatic carbocycles. The van der Waals surface area contributed by atoms with Crippen LogP contribution in [0.4, 0.5) is 0 Å². The molecule has 0 saturated heterocycles. The minimum Gasteiger partial charge on any atom is -0.507 e. The molecule has 0 fully saturated rings. The van der Waals surface area contributed by atoms with Gasteiger partial charge in [-0.1, -0.05) is 42.2 Å². The topological polar surface area (TPSA) is 97.0 Å². The Hall–Kier alpha value is -4.50. The maximum Gasteiger partial charge on any atom is 0.339 e. The van der Waals surface area contributed by atoms with Crippen molar-refractivity contribution >= 4 is 22.7 Å². The number of carbonyl (C=O) groups excluding carboxylic acids is 1. The molecule has 4 rings (SSSR count). The van der Waals surface area contributed by atoms with Gasteiger partial charge in [-0.05, 0) is 37.3 Å². The SMILES string of the molecule is CC(=O)COc1ccc(C#Cc2c(-c3ccccc3)oc3cc(O)c(C(=O)O)cc23)cc1. The fourth-order valence-corrected chi connectivity index (χ4v) is 3.17. The second-order valence-electron chi connectivity index (χ2n) is 7.11. The molecule has 6 nitrogen and oxygen atoms in total. The van der Waals surface area contributed by atoms with Gasteiger partial charge in [-0.2, -0.15) is 0 Å². The van der Waals surface area contributed by atoms with Gasteiger partial charge in [0.2, 0.25) is 0 Å². The Bertz CT molecular complexity index is 1370. The van der Waals surface area contributed by atoms with E-state index in [9.17, 15) is 19.8 Å². The molecule has 0 amide bonds.